The zero-order valence-corrected chi connectivity index (χ0v) is 16.6. The van der Waals surface area contributed by atoms with E-state index in [1.807, 2.05) is 12.1 Å². The molecule has 5 nitrogen and oxygen atoms in total. The minimum Gasteiger partial charge on any atom is -0.504 e. The first kappa shape index (κ1) is 16.8. The van der Waals surface area contributed by atoms with Crippen LogP contribution in [0.1, 0.15) is 22.7 Å². The molecule has 6 heteroatoms. The Hall–Kier alpha value is -1.67. The standard InChI is InChI=1S/C19H19NO4.HI/c1-20-4-3-11-6-17(22-2)16(21)8-13(11)15(20)5-12-7-18-19(9-14(12)20)24-10-23-18;/h6-9,15H,3-5,10H2,1-2H3;1H/p+1/t15-,20?;/m1./s1. The largest absolute Gasteiger partial charge is 0.504 e. The number of rotatable bonds is 1. The highest BCUT2D eigenvalue weighted by Crippen LogP contribution is 2.53. The molecule has 1 N–H and O–H groups in total. The van der Waals surface area contributed by atoms with Crippen LogP contribution in [-0.4, -0.2) is 32.6 Å². The number of nitrogens with zero attached hydrogens (tertiary/aromatic N) is 1. The van der Waals surface area contributed by atoms with E-state index in [0.717, 1.165) is 35.4 Å². The van der Waals surface area contributed by atoms with E-state index in [2.05, 4.69) is 19.2 Å². The van der Waals surface area contributed by atoms with E-state index in [9.17, 15) is 5.11 Å². The predicted octanol–water partition coefficient (Wildman–Crippen LogP) is 3.54. The van der Waals surface area contributed by atoms with Crippen molar-refractivity contribution in [2.75, 3.05) is 27.5 Å². The summed E-state index contributed by atoms with van der Waals surface area (Å²) in [5, 5.41) is 10.3. The van der Waals surface area contributed by atoms with Gasteiger partial charge in [0.15, 0.2) is 23.0 Å². The predicted molar refractivity (Wildman–Crippen MR) is 105 cm³/mol. The summed E-state index contributed by atoms with van der Waals surface area (Å²) in [4.78, 5) is 0. The summed E-state index contributed by atoms with van der Waals surface area (Å²) in [6.07, 6.45) is 1.91. The molecule has 3 aliphatic rings. The van der Waals surface area contributed by atoms with Crippen molar-refractivity contribution in [3.63, 3.8) is 0 Å². The molecule has 0 fully saturated rings. The van der Waals surface area contributed by atoms with Gasteiger partial charge in [0.2, 0.25) is 6.79 Å². The summed E-state index contributed by atoms with van der Waals surface area (Å²) in [7, 11) is 3.88. The molecule has 1 unspecified atom stereocenters. The lowest BCUT2D eigenvalue weighted by molar-refractivity contribution is 0.173. The molecule has 5 rings (SSSR count). The lowest BCUT2D eigenvalue weighted by atomic mass is 9.90. The van der Waals surface area contributed by atoms with Crippen LogP contribution in [0.25, 0.3) is 0 Å². The number of quaternary nitrogens is 1. The Labute approximate surface area is 163 Å². The number of hydrogen-bond acceptors (Lipinski definition) is 4. The third-order valence-electron chi connectivity index (χ3n) is 5.87. The van der Waals surface area contributed by atoms with Gasteiger partial charge in [-0.1, -0.05) is 0 Å². The molecule has 3 aliphatic heterocycles. The zero-order chi connectivity index (χ0) is 16.5. The number of methoxy groups -OCH3 is 1. The molecule has 0 saturated carbocycles. The smallest absolute Gasteiger partial charge is 0.231 e. The van der Waals surface area contributed by atoms with Gasteiger partial charge in [-0.3, -0.25) is 4.48 Å². The Bertz CT molecular complexity index is 869. The van der Waals surface area contributed by atoms with Crippen LogP contribution in [0.5, 0.6) is 23.0 Å². The van der Waals surface area contributed by atoms with Gasteiger partial charge in [-0.25, -0.2) is 0 Å². The van der Waals surface area contributed by atoms with Crippen LogP contribution in [0, 0.1) is 0 Å². The lowest BCUT2D eigenvalue weighted by Gasteiger charge is -2.41. The second-order valence-electron chi connectivity index (χ2n) is 7.02. The summed E-state index contributed by atoms with van der Waals surface area (Å²) in [5.41, 5.74) is 5.12. The molecular formula is C19H21INO4+. The molecule has 3 heterocycles. The van der Waals surface area contributed by atoms with E-state index in [4.69, 9.17) is 14.2 Å². The van der Waals surface area contributed by atoms with Gasteiger partial charge in [-0.15, -0.1) is 24.0 Å². The quantitative estimate of drug-likeness (QED) is 0.529. The highest BCUT2D eigenvalue weighted by atomic mass is 127. The first-order valence-electron chi connectivity index (χ1n) is 8.28. The monoisotopic (exact) mass is 454 g/mol. The average Bonchev–Trinajstić information content (AvgIpc) is 3.14. The van der Waals surface area contributed by atoms with Crippen molar-refractivity contribution in [3.05, 3.63) is 41.0 Å². The summed E-state index contributed by atoms with van der Waals surface area (Å²) >= 11 is 0. The van der Waals surface area contributed by atoms with Gasteiger partial charge in [0.05, 0.1) is 20.7 Å². The van der Waals surface area contributed by atoms with Crippen LogP contribution in [0.2, 0.25) is 0 Å². The van der Waals surface area contributed by atoms with Gasteiger partial charge >= 0.3 is 0 Å². The average molecular weight is 454 g/mol. The second kappa shape index (κ2) is 5.67. The SMILES string of the molecule is COc1cc2c(cc1O)[C@H]1Cc3cc4c(cc3[N+]1(C)CC2)OCO4.I. The Morgan fingerprint density at radius 3 is 2.64 bits per heavy atom. The normalized spacial score (nSPS) is 24.8. The van der Waals surface area contributed by atoms with Crippen molar-refractivity contribution >= 4 is 29.7 Å². The number of phenols is 1. The van der Waals surface area contributed by atoms with Gasteiger partial charge < -0.3 is 19.3 Å². The zero-order valence-electron chi connectivity index (χ0n) is 14.2. The molecule has 25 heavy (non-hydrogen) atoms. The molecule has 0 saturated heterocycles. The number of halogens is 1. The van der Waals surface area contributed by atoms with E-state index in [0.29, 0.717) is 18.6 Å². The molecule has 0 aromatic heterocycles. The molecule has 2 atom stereocenters. The first-order chi connectivity index (χ1) is 11.6. The molecule has 132 valence electrons. The number of likely N-dealkylation sites (N-methyl/N-ethyl adjacent to an activating group) is 1. The fraction of sp³-hybridized carbons (Fsp3) is 0.368. The first-order valence-corrected chi connectivity index (χ1v) is 8.28. The molecule has 2 aromatic carbocycles. The van der Waals surface area contributed by atoms with Crippen molar-refractivity contribution in [3.8, 4) is 23.0 Å². The minimum absolute atomic E-state index is 0. The van der Waals surface area contributed by atoms with Crippen molar-refractivity contribution in [1.29, 1.82) is 0 Å². The van der Waals surface area contributed by atoms with E-state index < -0.39 is 0 Å². The fourth-order valence-electron chi connectivity index (χ4n) is 4.55. The molecule has 0 radical (unpaired) electrons. The number of ether oxygens (including phenoxy) is 3. The van der Waals surface area contributed by atoms with E-state index in [1.54, 1.807) is 7.11 Å². The molecule has 0 aliphatic carbocycles. The molecule has 0 spiro atoms. The Morgan fingerprint density at radius 1 is 1.12 bits per heavy atom. The fourth-order valence-corrected chi connectivity index (χ4v) is 4.55. The topological polar surface area (TPSA) is 47.9 Å². The van der Waals surface area contributed by atoms with Crippen LogP contribution in [0.4, 0.5) is 5.69 Å². The van der Waals surface area contributed by atoms with Gasteiger partial charge in [0.25, 0.3) is 0 Å². The molecule has 2 aromatic rings. The Balaban J connectivity index is 0.00000157. The lowest BCUT2D eigenvalue weighted by Crippen LogP contribution is -2.50. The summed E-state index contributed by atoms with van der Waals surface area (Å²) < 4.78 is 17.2. The second-order valence-corrected chi connectivity index (χ2v) is 7.02. The number of fused-ring (bicyclic) bond motifs is 6. The molecule has 0 amide bonds. The maximum absolute atomic E-state index is 10.3. The van der Waals surface area contributed by atoms with Gasteiger partial charge in [0.1, 0.15) is 11.7 Å². The van der Waals surface area contributed by atoms with Crippen LogP contribution in [0.15, 0.2) is 24.3 Å². The van der Waals surface area contributed by atoms with E-state index in [-0.39, 0.29) is 29.7 Å². The Morgan fingerprint density at radius 2 is 1.88 bits per heavy atom. The number of benzene rings is 2. The number of aromatic hydroxyl groups is 1. The number of hydrogen-bond donors (Lipinski definition) is 1. The summed E-state index contributed by atoms with van der Waals surface area (Å²) in [6.45, 7) is 1.33. The van der Waals surface area contributed by atoms with Crippen molar-refractivity contribution in [1.82, 2.24) is 4.48 Å². The maximum Gasteiger partial charge on any atom is 0.231 e. The van der Waals surface area contributed by atoms with Crippen LogP contribution < -0.4 is 18.7 Å². The van der Waals surface area contributed by atoms with Crippen molar-refractivity contribution in [2.24, 2.45) is 0 Å². The molecule has 0 bridgehead atoms. The van der Waals surface area contributed by atoms with Crippen molar-refractivity contribution in [2.45, 2.75) is 18.9 Å². The third-order valence-corrected chi connectivity index (χ3v) is 5.87. The highest BCUT2D eigenvalue weighted by molar-refractivity contribution is 14.0. The van der Waals surface area contributed by atoms with Gasteiger partial charge in [-0.05, 0) is 23.8 Å². The van der Waals surface area contributed by atoms with Gasteiger partial charge in [-0.2, -0.15) is 0 Å². The van der Waals surface area contributed by atoms with Crippen molar-refractivity contribution < 1.29 is 19.3 Å². The van der Waals surface area contributed by atoms with Crippen LogP contribution >= 0.6 is 24.0 Å². The Kier molecular flexibility index (Phi) is 3.81. The maximum atomic E-state index is 10.3. The third kappa shape index (κ3) is 2.23. The number of phenolic OH excluding ortho intramolecular Hbond substituents is 1. The van der Waals surface area contributed by atoms with E-state index in [1.165, 1.54) is 22.4 Å². The van der Waals surface area contributed by atoms with E-state index >= 15 is 0 Å². The highest BCUT2D eigenvalue weighted by Gasteiger charge is 2.48. The van der Waals surface area contributed by atoms with Crippen LogP contribution in [-0.2, 0) is 12.8 Å². The minimum atomic E-state index is 0. The summed E-state index contributed by atoms with van der Waals surface area (Å²) in [5.74, 6) is 2.46. The van der Waals surface area contributed by atoms with Crippen LogP contribution in [0.3, 0.4) is 0 Å². The molecular weight excluding hydrogens is 433 g/mol. The van der Waals surface area contributed by atoms with Gasteiger partial charge in [0, 0.05) is 30.0 Å². The summed E-state index contributed by atoms with van der Waals surface area (Å²) in [6, 6.07) is 8.46.